The number of carbonyl (C=O) groups excluding carboxylic acids is 3. The third-order valence-electron chi connectivity index (χ3n) is 3.69. The number of rotatable bonds is 2. The second kappa shape index (κ2) is 4.01. The first kappa shape index (κ1) is 11.9. The standard InChI is InChI=1S/C11H17N3O3/c1-7-3-2-4-11(5-7)9(16)13-10(17)14(11)6-8(12)15/h7H,2-6H2,1H3,(H2,12,15)(H,13,16,17). The van der Waals surface area contributed by atoms with Gasteiger partial charge in [-0.2, -0.15) is 0 Å². The highest BCUT2D eigenvalue weighted by atomic mass is 16.2. The molecule has 1 heterocycles. The molecule has 0 aromatic carbocycles. The van der Waals surface area contributed by atoms with E-state index in [-0.39, 0.29) is 12.5 Å². The van der Waals surface area contributed by atoms with Crippen molar-refractivity contribution in [1.82, 2.24) is 10.2 Å². The van der Waals surface area contributed by atoms with Gasteiger partial charge in [-0.15, -0.1) is 0 Å². The second-order valence-electron chi connectivity index (χ2n) is 5.04. The quantitative estimate of drug-likeness (QED) is 0.663. The number of amides is 4. The molecule has 2 aliphatic rings. The lowest BCUT2D eigenvalue weighted by Crippen LogP contribution is -2.54. The molecule has 2 fully saturated rings. The van der Waals surface area contributed by atoms with Crippen LogP contribution in [-0.4, -0.2) is 34.8 Å². The Labute approximate surface area is 99.5 Å². The van der Waals surface area contributed by atoms with Crippen LogP contribution >= 0.6 is 0 Å². The van der Waals surface area contributed by atoms with Gasteiger partial charge in [0.2, 0.25) is 5.91 Å². The van der Waals surface area contributed by atoms with Crippen LogP contribution in [0, 0.1) is 5.92 Å². The van der Waals surface area contributed by atoms with Gasteiger partial charge in [-0.3, -0.25) is 14.9 Å². The van der Waals surface area contributed by atoms with Gasteiger partial charge in [-0.1, -0.05) is 19.8 Å². The number of carbonyl (C=O) groups is 3. The van der Waals surface area contributed by atoms with E-state index in [1.165, 1.54) is 4.90 Å². The lowest BCUT2D eigenvalue weighted by molar-refractivity contribution is -0.130. The van der Waals surface area contributed by atoms with Gasteiger partial charge >= 0.3 is 6.03 Å². The molecular formula is C11H17N3O3. The minimum atomic E-state index is -0.843. The van der Waals surface area contributed by atoms with Gasteiger partial charge in [0.05, 0.1) is 0 Å². The van der Waals surface area contributed by atoms with Crippen LogP contribution in [0.25, 0.3) is 0 Å². The zero-order chi connectivity index (χ0) is 12.6. The van der Waals surface area contributed by atoms with Gasteiger partial charge in [-0.25, -0.2) is 4.79 Å². The Balaban J connectivity index is 2.30. The molecule has 4 amide bonds. The summed E-state index contributed by atoms with van der Waals surface area (Å²) in [6.45, 7) is 1.86. The first-order valence-corrected chi connectivity index (χ1v) is 5.87. The number of imide groups is 1. The molecule has 6 heteroatoms. The second-order valence-corrected chi connectivity index (χ2v) is 5.04. The van der Waals surface area contributed by atoms with E-state index in [4.69, 9.17) is 5.73 Å². The Morgan fingerprint density at radius 1 is 1.59 bits per heavy atom. The maximum atomic E-state index is 12.0. The zero-order valence-corrected chi connectivity index (χ0v) is 9.86. The van der Waals surface area contributed by atoms with Crippen molar-refractivity contribution in [2.45, 2.75) is 38.1 Å². The highest BCUT2D eigenvalue weighted by Gasteiger charge is 2.54. The van der Waals surface area contributed by atoms with Crippen molar-refractivity contribution in [1.29, 1.82) is 0 Å². The highest BCUT2D eigenvalue weighted by molar-refractivity contribution is 6.08. The molecule has 6 nitrogen and oxygen atoms in total. The van der Waals surface area contributed by atoms with Crippen molar-refractivity contribution in [2.24, 2.45) is 11.7 Å². The fraction of sp³-hybridized carbons (Fsp3) is 0.727. The average molecular weight is 239 g/mol. The number of nitrogens with one attached hydrogen (secondary N) is 1. The fourth-order valence-electron chi connectivity index (χ4n) is 2.95. The number of nitrogens with two attached hydrogens (primary N) is 1. The monoisotopic (exact) mass is 239 g/mol. The summed E-state index contributed by atoms with van der Waals surface area (Å²) in [6, 6.07) is -0.497. The van der Waals surface area contributed by atoms with Crippen LogP contribution < -0.4 is 11.1 Å². The number of hydrogen-bond acceptors (Lipinski definition) is 3. The molecule has 1 saturated heterocycles. The molecule has 94 valence electrons. The maximum Gasteiger partial charge on any atom is 0.325 e. The van der Waals surface area contributed by atoms with Crippen molar-refractivity contribution in [3.05, 3.63) is 0 Å². The Morgan fingerprint density at radius 3 is 2.88 bits per heavy atom. The van der Waals surface area contributed by atoms with E-state index in [0.717, 1.165) is 12.8 Å². The molecule has 1 aliphatic carbocycles. The highest BCUT2D eigenvalue weighted by Crippen LogP contribution is 2.39. The van der Waals surface area contributed by atoms with Crippen LogP contribution in [-0.2, 0) is 9.59 Å². The first-order chi connectivity index (χ1) is 7.95. The minimum absolute atomic E-state index is 0.190. The van der Waals surface area contributed by atoms with Crippen LogP contribution in [0.2, 0.25) is 0 Å². The minimum Gasteiger partial charge on any atom is -0.368 e. The van der Waals surface area contributed by atoms with Crippen LogP contribution in [0.5, 0.6) is 0 Å². The van der Waals surface area contributed by atoms with Crippen molar-refractivity contribution >= 4 is 17.8 Å². The van der Waals surface area contributed by atoms with Gasteiger partial charge in [0.1, 0.15) is 12.1 Å². The van der Waals surface area contributed by atoms with E-state index >= 15 is 0 Å². The summed E-state index contributed by atoms with van der Waals surface area (Å²) in [4.78, 5) is 36.0. The van der Waals surface area contributed by atoms with Gasteiger partial charge in [0, 0.05) is 0 Å². The Hall–Kier alpha value is -1.59. The van der Waals surface area contributed by atoms with Gasteiger partial charge in [-0.05, 0) is 18.8 Å². The summed E-state index contributed by atoms with van der Waals surface area (Å²) < 4.78 is 0. The lowest BCUT2D eigenvalue weighted by Gasteiger charge is -2.40. The molecule has 2 atom stereocenters. The van der Waals surface area contributed by atoms with Crippen LogP contribution in [0.3, 0.4) is 0 Å². The number of primary amides is 1. The smallest absolute Gasteiger partial charge is 0.325 e. The van der Waals surface area contributed by atoms with Crippen LogP contribution in [0.4, 0.5) is 4.79 Å². The molecule has 1 saturated carbocycles. The summed E-state index contributed by atoms with van der Waals surface area (Å²) >= 11 is 0. The van der Waals surface area contributed by atoms with E-state index in [1.54, 1.807) is 0 Å². The molecule has 0 aromatic rings. The summed E-state index contributed by atoms with van der Waals surface area (Å²) in [5.41, 5.74) is 4.29. The molecule has 0 bridgehead atoms. The molecule has 2 unspecified atom stereocenters. The predicted octanol–water partition coefficient (Wildman–Crippen LogP) is -0.0276. The Morgan fingerprint density at radius 2 is 2.29 bits per heavy atom. The average Bonchev–Trinajstić information content (AvgIpc) is 2.43. The van der Waals surface area contributed by atoms with E-state index in [2.05, 4.69) is 12.2 Å². The molecule has 17 heavy (non-hydrogen) atoms. The normalized spacial score (nSPS) is 33.0. The molecule has 1 spiro atoms. The number of nitrogens with zero attached hydrogens (tertiary/aromatic N) is 1. The number of hydrogen-bond donors (Lipinski definition) is 2. The molecular weight excluding hydrogens is 222 g/mol. The fourth-order valence-corrected chi connectivity index (χ4v) is 2.95. The Bertz CT molecular complexity index is 382. The van der Waals surface area contributed by atoms with Crippen molar-refractivity contribution in [3.8, 4) is 0 Å². The first-order valence-electron chi connectivity index (χ1n) is 5.87. The van der Waals surface area contributed by atoms with Gasteiger partial charge in [0.25, 0.3) is 5.91 Å². The van der Waals surface area contributed by atoms with E-state index < -0.39 is 17.5 Å². The molecule has 0 radical (unpaired) electrons. The zero-order valence-electron chi connectivity index (χ0n) is 9.86. The summed E-state index contributed by atoms with van der Waals surface area (Å²) in [5.74, 6) is -0.501. The van der Waals surface area contributed by atoms with Crippen molar-refractivity contribution in [2.75, 3.05) is 6.54 Å². The maximum absolute atomic E-state index is 12.0. The van der Waals surface area contributed by atoms with E-state index in [9.17, 15) is 14.4 Å². The Kier molecular flexibility index (Phi) is 2.81. The van der Waals surface area contributed by atoms with Crippen molar-refractivity contribution < 1.29 is 14.4 Å². The third kappa shape index (κ3) is 1.87. The largest absolute Gasteiger partial charge is 0.368 e. The van der Waals surface area contributed by atoms with Crippen molar-refractivity contribution in [3.63, 3.8) is 0 Å². The third-order valence-corrected chi connectivity index (χ3v) is 3.69. The van der Waals surface area contributed by atoms with Gasteiger partial charge < -0.3 is 10.6 Å². The molecule has 3 N–H and O–H groups in total. The molecule has 0 aromatic heterocycles. The van der Waals surface area contributed by atoms with Gasteiger partial charge in [0.15, 0.2) is 0 Å². The molecule has 2 rings (SSSR count). The topological polar surface area (TPSA) is 92.5 Å². The van der Waals surface area contributed by atoms with E-state index in [0.29, 0.717) is 18.8 Å². The summed E-state index contributed by atoms with van der Waals surface area (Å²) in [5, 5.41) is 2.29. The SMILES string of the molecule is CC1CCCC2(C1)C(=O)NC(=O)N2CC(N)=O. The summed E-state index contributed by atoms with van der Waals surface area (Å²) in [6.07, 6.45) is 3.16. The van der Waals surface area contributed by atoms with Crippen LogP contribution in [0.15, 0.2) is 0 Å². The predicted molar refractivity (Wildman–Crippen MR) is 59.8 cm³/mol. The summed E-state index contributed by atoms with van der Waals surface area (Å²) in [7, 11) is 0. The number of urea groups is 1. The van der Waals surface area contributed by atoms with E-state index in [1.807, 2.05) is 0 Å². The molecule has 1 aliphatic heterocycles. The lowest BCUT2D eigenvalue weighted by atomic mass is 9.75. The van der Waals surface area contributed by atoms with Crippen LogP contribution in [0.1, 0.15) is 32.6 Å².